The normalized spacial score (nSPS) is 20.2. The van der Waals surface area contributed by atoms with Gasteiger partial charge in [-0.2, -0.15) is 4.99 Å². The number of ether oxygens (including phenoxy) is 1. The molecule has 1 aromatic rings. The first-order valence-electron chi connectivity index (χ1n) is 6.01. The molecule has 0 amide bonds. The Kier molecular flexibility index (Phi) is 4.47. The van der Waals surface area contributed by atoms with E-state index in [-0.39, 0.29) is 0 Å². The van der Waals surface area contributed by atoms with Crippen LogP contribution in [0.1, 0.15) is 0 Å². The Labute approximate surface area is 106 Å². The van der Waals surface area contributed by atoms with E-state index < -0.39 is 0 Å². The lowest BCUT2D eigenvalue weighted by molar-refractivity contribution is 0.180. The zero-order valence-corrected chi connectivity index (χ0v) is 10.4. The quantitative estimate of drug-likeness (QED) is 0.635. The third-order valence-corrected chi connectivity index (χ3v) is 2.93. The van der Waals surface area contributed by atoms with Gasteiger partial charge in [0.25, 0.3) is 0 Å². The molecule has 0 radical (unpaired) electrons. The highest BCUT2D eigenvalue weighted by Gasteiger charge is 2.17. The lowest BCUT2D eigenvalue weighted by atomic mass is 10.2. The van der Waals surface area contributed by atoms with Gasteiger partial charge in [0.05, 0.1) is 6.04 Å². The lowest BCUT2D eigenvalue weighted by Gasteiger charge is -2.30. The summed E-state index contributed by atoms with van der Waals surface area (Å²) in [5.74, 6) is 0.621. The van der Waals surface area contributed by atoms with E-state index in [0.29, 0.717) is 24.1 Å². The van der Waals surface area contributed by atoms with Crippen LogP contribution in [0, 0.1) is 0 Å². The summed E-state index contributed by atoms with van der Waals surface area (Å²) in [5, 5.41) is 3.40. The molecule has 1 saturated heterocycles. The van der Waals surface area contributed by atoms with Crippen molar-refractivity contribution in [2.24, 2.45) is 4.99 Å². The molecule has 1 N–H and O–H groups in total. The van der Waals surface area contributed by atoms with Crippen LogP contribution in [0.25, 0.3) is 0 Å². The van der Waals surface area contributed by atoms with Crippen molar-refractivity contribution in [3.8, 4) is 5.75 Å². The van der Waals surface area contributed by atoms with E-state index in [2.05, 4.69) is 22.3 Å². The van der Waals surface area contributed by atoms with Crippen LogP contribution in [0.4, 0.5) is 5.69 Å². The zero-order chi connectivity index (χ0) is 12.8. The number of piperazine rings is 1. The highest BCUT2D eigenvalue weighted by molar-refractivity contribution is 5.57. The Morgan fingerprint density at radius 1 is 1.56 bits per heavy atom. The predicted molar refractivity (Wildman–Crippen MR) is 69.0 cm³/mol. The summed E-state index contributed by atoms with van der Waals surface area (Å²) in [6.45, 7) is 3.55. The Balaban J connectivity index is 1.95. The minimum absolute atomic E-state index is 0.303. The van der Waals surface area contributed by atoms with Gasteiger partial charge in [0.2, 0.25) is 6.08 Å². The molecular weight excluding hydrogens is 230 g/mol. The van der Waals surface area contributed by atoms with E-state index in [9.17, 15) is 4.79 Å². The van der Waals surface area contributed by atoms with Crippen LogP contribution in [-0.4, -0.2) is 50.3 Å². The Morgan fingerprint density at radius 2 is 2.39 bits per heavy atom. The molecule has 1 atom stereocenters. The zero-order valence-electron chi connectivity index (χ0n) is 10.4. The van der Waals surface area contributed by atoms with Gasteiger partial charge >= 0.3 is 0 Å². The first kappa shape index (κ1) is 12.8. The number of hydrogen-bond donors (Lipinski definition) is 1. The van der Waals surface area contributed by atoms with E-state index in [1.54, 1.807) is 12.1 Å². The second-order valence-corrected chi connectivity index (χ2v) is 4.40. The van der Waals surface area contributed by atoms with Crippen LogP contribution in [-0.2, 0) is 4.79 Å². The number of carbonyl (C=O) groups excluding carboxylic acids is 1. The van der Waals surface area contributed by atoms with Gasteiger partial charge in [0.1, 0.15) is 18.0 Å². The predicted octanol–water partition coefficient (Wildman–Crippen LogP) is 0.936. The Hall–Kier alpha value is -1.68. The Morgan fingerprint density at radius 3 is 3.17 bits per heavy atom. The molecule has 1 aromatic carbocycles. The minimum Gasteiger partial charge on any atom is -0.490 e. The molecule has 0 spiro atoms. The monoisotopic (exact) mass is 247 g/mol. The van der Waals surface area contributed by atoms with Crippen molar-refractivity contribution in [3.05, 3.63) is 24.3 Å². The lowest BCUT2D eigenvalue weighted by Crippen LogP contribution is -2.51. The van der Waals surface area contributed by atoms with E-state index >= 15 is 0 Å². The summed E-state index contributed by atoms with van der Waals surface area (Å²) >= 11 is 0. The SMILES string of the molecule is CN1CCNC(COc2ccccc2N=C=O)C1. The average Bonchev–Trinajstić information content (AvgIpc) is 2.38. The molecule has 0 aromatic heterocycles. The second kappa shape index (κ2) is 6.31. The molecule has 2 rings (SSSR count). The van der Waals surface area contributed by atoms with E-state index in [4.69, 9.17) is 4.74 Å². The van der Waals surface area contributed by atoms with Crippen LogP contribution < -0.4 is 10.1 Å². The van der Waals surface area contributed by atoms with Crippen LogP contribution >= 0.6 is 0 Å². The number of hydrogen-bond acceptors (Lipinski definition) is 5. The van der Waals surface area contributed by atoms with E-state index in [1.807, 2.05) is 18.2 Å². The molecular formula is C13H17N3O2. The number of nitrogens with one attached hydrogen (secondary N) is 1. The summed E-state index contributed by atoms with van der Waals surface area (Å²) in [7, 11) is 2.10. The number of para-hydroxylation sites is 2. The van der Waals surface area contributed by atoms with Crippen molar-refractivity contribution in [1.82, 2.24) is 10.2 Å². The molecule has 5 heteroatoms. The first-order valence-corrected chi connectivity index (χ1v) is 6.01. The van der Waals surface area contributed by atoms with Gasteiger partial charge in [0, 0.05) is 19.6 Å². The number of isocyanates is 1. The maximum absolute atomic E-state index is 10.3. The van der Waals surface area contributed by atoms with Crippen molar-refractivity contribution in [1.29, 1.82) is 0 Å². The Bertz CT molecular complexity index is 444. The summed E-state index contributed by atoms with van der Waals surface area (Å²) in [5.41, 5.74) is 0.525. The molecule has 0 bridgehead atoms. The number of likely N-dealkylation sites (N-methyl/N-ethyl adjacent to an activating group) is 1. The topological polar surface area (TPSA) is 53.9 Å². The highest BCUT2D eigenvalue weighted by Crippen LogP contribution is 2.26. The van der Waals surface area contributed by atoms with Gasteiger partial charge in [-0.25, -0.2) is 4.79 Å². The van der Waals surface area contributed by atoms with Crippen LogP contribution in [0.3, 0.4) is 0 Å². The van der Waals surface area contributed by atoms with Crippen LogP contribution in [0.2, 0.25) is 0 Å². The van der Waals surface area contributed by atoms with Crippen molar-refractivity contribution in [3.63, 3.8) is 0 Å². The van der Waals surface area contributed by atoms with E-state index in [1.165, 1.54) is 0 Å². The van der Waals surface area contributed by atoms with Gasteiger partial charge in [-0.15, -0.1) is 0 Å². The third kappa shape index (κ3) is 3.40. The molecule has 1 unspecified atom stereocenters. The summed E-state index contributed by atoms with van der Waals surface area (Å²) in [6, 6.07) is 7.52. The van der Waals surface area contributed by atoms with Crippen molar-refractivity contribution < 1.29 is 9.53 Å². The summed E-state index contributed by atoms with van der Waals surface area (Å²) < 4.78 is 5.72. The fraction of sp³-hybridized carbons (Fsp3) is 0.462. The smallest absolute Gasteiger partial charge is 0.240 e. The number of aliphatic imine (C=N–C) groups is 1. The van der Waals surface area contributed by atoms with Gasteiger partial charge in [-0.1, -0.05) is 12.1 Å². The standard InChI is InChI=1S/C13H17N3O2/c1-16-7-6-14-11(8-16)9-18-13-5-3-2-4-12(13)15-10-17/h2-5,11,14H,6-9H2,1H3. The largest absolute Gasteiger partial charge is 0.490 e. The maximum atomic E-state index is 10.3. The van der Waals surface area contributed by atoms with Gasteiger partial charge in [0.15, 0.2) is 0 Å². The minimum atomic E-state index is 0.303. The average molecular weight is 247 g/mol. The number of rotatable bonds is 4. The molecule has 0 saturated carbocycles. The van der Waals surface area contributed by atoms with E-state index in [0.717, 1.165) is 19.6 Å². The van der Waals surface area contributed by atoms with Gasteiger partial charge in [-0.05, 0) is 19.2 Å². The van der Waals surface area contributed by atoms with Crippen molar-refractivity contribution in [2.45, 2.75) is 6.04 Å². The molecule has 1 aliphatic heterocycles. The number of nitrogens with zero attached hydrogens (tertiary/aromatic N) is 2. The van der Waals surface area contributed by atoms with Gasteiger partial charge < -0.3 is 15.0 Å². The summed E-state index contributed by atoms with van der Waals surface area (Å²) in [6.07, 6.45) is 1.54. The van der Waals surface area contributed by atoms with Gasteiger partial charge in [-0.3, -0.25) is 0 Å². The molecule has 1 fully saturated rings. The molecule has 18 heavy (non-hydrogen) atoms. The summed E-state index contributed by atoms with van der Waals surface area (Å²) in [4.78, 5) is 16.2. The van der Waals surface area contributed by atoms with Crippen molar-refractivity contribution in [2.75, 3.05) is 33.3 Å². The third-order valence-electron chi connectivity index (χ3n) is 2.93. The first-order chi connectivity index (χ1) is 8.79. The second-order valence-electron chi connectivity index (χ2n) is 4.40. The van der Waals surface area contributed by atoms with Crippen molar-refractivity contribution >= 4 is 11.8 Å². The number of benzene rings is 1. The van der Waals surface area contributed by atoms with Crippen LogP contribution in [0.5, 0.6) is 5.75 Å². The fourth-order valence-corrected chi connectivity index (χ4v) is 2.01. The molecule has 0 aliphatic carbocycles. The molecule has 1 heterocycles. The molecule has 5 nitrogen and oxygen atoms in total. The van der Waals surface area contributed by atoms with Crippen LogP contribution in [0.15, 0.2) is 29.3 Å². The molecule has 96 valence electrons. The molecule has 1 aliphatic rings. The maximum Gasteiger partial charge on any atom is 0.240 e. The fourth-order valence-electron chi connectivity index (χ4n) is 2.01. The highest BCUT2D eigenvalue weighted by atomic mass is 16.5.